The van der Waals surface area contributed by atoms with Crippen molar-refractivity contribution in [1.29, 1.82) is 0 Å². The molecule has 1 aliphatic rings. The molecule has 0 atom stereocenters. The average Bonchev–Trinajstić information content (AvgIpc) is 2.89. The molecule has 1 N–H and O–H groups in total. The predicted molar refractivity (Wildman–Crippen MR) is 76.9 cm³/mol. The van der Waals surface area contributed by atoms with Crippen molar-refractivity contribution in [2.45, 2.75) is 32.4 Å². The molecule has 1 saturated carbocycles. The first-order valence-electron chi connectivity index (χ1n) is 6.74. The Morgan fingerprint density at radius 1 is 1.50 bits per heavy atom. The van der Waals surface area contributed by atoms with Crippen LogP contribution in [-0.4, -0.2) is 9.78 Å². The highest BCUT2D eigenvalue weighted by Gasteiger charge is 2.20. The van der Waals surface area contributed by atoms with E-state index in [1.807, 2.05) is 6.07 Å². The molecule has 2 heterocycles. The molecule has 0 spiro atoms. The number of hydrogen-bond donors (Lipinski definition) is 1. The summed E-state index contributed by atoms with van der Waals surface area (Å²) in [6.07, 6.45) is 8.36. The van der Waals surface area contributed by atoms with Gasteiger partial charge in [0, 0.05) is 18.7 Å². The number of furan rings is 1. The predicted octanol–water partition coefficient (Wildman–Crippen LogP) is 2.90. The lowest BCUT2D eigenvalue weighted by Crippen LogP contribution is -2.30. The normalized spacial score (nSPS) is 15.1. The fourth-order valence-electron chi connectivity index (χ4n) is 2.26. The Morgan fingerprint density at radius 3 is 3.00 bits per heavy atom. The van der Waals surface area contributed by atoms with Crippen LogP contribution in [0, 0.1) is 5.92 Å². The smallest absolute Gasteiger partial charge is 0.291 e. The monoisotopic (exact) mass is 293 g/mol. The Morgan fingerprint density at radius 2 is 2.35 bits per heavy atom. The third-order valence-corrected chi connectivity index (χ3v) is 3.99. The van der Waals surface area contributed by atoms with Crippen molar-refractivity contribution in [3.8, 4) is 0 Å². The van der Waals surface area contributed by atoms with E-state index in [-0.39, 0.29) is 5.56 Å². The molecule has 0 aliphatic heterocycles. The molecule has 1 fully saturated rings. The van der Waals surface area contributed by atoms with Crippen LogP contribution in [-0.2, 0) is 13.1 Å². The van der Waals surface area contributed by atoms with Gasteiger partial charge in [0.1, 0.15) is 5.69 Å². The van der Waals surface area contributed by atoms with Crippen molar-refractivity contribution in [3.05, 3.63) is 45.7 Å². The second-order valence-electron chi connectivity index (χ2n) is 5.14. The van der Waals surface area contributed by atoms with Gasteiger partial charge in [-0.05, 0) is 24.8 Å². The van der Waals surface area contributed by atoms with E-state index in [9.17, 15) is 4.79 Å². The van der Waals surface area contributed by atoms with E-state index in [0.29, 0.717) is 29.7 Å². The summed E-state index contributed by atoms with van der Waals surface area (Å²) in [6.45, 7) is 1.18. The zero-order valence-electron chi connectivity index (χ0n) is 11.0. The fourth-order valence-corrected chi connectivity index (χ4v) is 2.45. The lowest BCUT2D eigenvalue weighted by molar-refractivity contribution is 0.262. The van der Waals surface area contributed by atoms with Crippen molar-refractivity contribution in [1.82, 2.24) is 9.78 Å². The summed E-state index contributed by atoms with van der Waals surface area (Å²) in [4.78, 5) is 12.4. The highest BCUT2D eigenvalue weighted by Crippen LogP contribution is 2.27. The van der Waals surface area contributed by atoms with Gasteiger partial charge in [-0.1, -0.05) is 18.0 Å². The summed E-state index contributed by atoms with van der Waals surface area (Å²) in [7, 11) is 0. The molecule has 3 rings (SSSR count). The van der Waals surface area contributed by atoms with Crippen LogP contribution in [0.15, 0.2) is 34.0 Å². The minimum absolute atomic E-state index is 0.159. The number of anilines is 1. The third-order valence-electron chi connectivity index (χ3n) is 3.70. The molecule has 2 aromatic heterocycles. The van der Waals surface area contributed by atoms with Gasteiger partial charge in [-0.15, -0.1) is 0 Å². The molecule has 0 aromatic carbocycles. The van der Waals surface area contributed by atoms with Crippen LogP contribution in [0.25, 0.3) is 0 Å². The number of nitrogens with zero attached hydrogens (tertiary/aromatic N) is 2. The van der Waals surface area contributed by atoms with Crippen LogP contribution in [0.2, 0.25) is 5.02 Å². The zero-order chi connectivity index (χ0) is 13.9. The van der Waals surface area contributed by atoms with Crippen LogP contribution in [0.5, 0.6) is 0 Å². The van der Waals surface area contributed by atoms with Gasteiger partial charge in [-0.3, -0.25) is 4.79 Å². The van der Waals surface area contributed by atoms with Gasteiger partial charge >= 0.3 is 0 Å². The lowest BCUT2D eigenvalue weighted by Gasteiger charge is -2.25. The molecule has 0 saturated heterocycles. The Labute approximate surface area is 121 Å². The van der Waals surface area contributed by atoms with Gasteiger partial charge in [-0.2, -0.15) is 5.10 Å². The van der Waals surface area contributed by atoms with Gasteiger partial charge in [0.2, 0.25) is 0 Å². The van der Waals surface area contributed by atoms with Crippen LogP contribution >= 0.6 is 11.6 Å². The topological polar surface area (TPSA) is 60.1 Å². The molecule has 0 bridgehead atoms. The van der Waals surface area contributed by atoms with Crippen LogP contribution in [0.4, 0.5) is 5.69 Å². The SMILES string of the molecule is O=c1c(NCc2ccoc2)c(Cl)cnn1CC1CCC1. The maximum Gasteiger partial charge on any atom is 0.291 e. The first kappa shape index (κ1) is 13.2. The number of aromatic nitrogens is 2. The maximum absolute atomic E-state index is 12.4. The summed E-state index contributed by atoms with van der Waals surface area (Å²) in [6, 6.07) is 1.84. The fraction of sp³-hybridized carbons (Fsp3) is 0.429. The van der Waals surface area contributed by atoms with Gasteiger partial charge < -0.3 is 9.73 Å². The molecular formula is C14H16ClN3O2. The largest absolute Gasteiger partial charge is 0.472 e. The molecule has 0 amide bonds. The summed E-state index contributed by atoms with van der Waals surface area (Å²) in [5, 5.41) is 7.54. The molecule has 0 unspecified atom stereocenters. The van der Waals surface area contributed by atoms with Gasteiger partial charge in [-0.25, -0.2) is 4.68 Å². The Bertz CT molecular complexity index is 632. The first-order chi connectivity index (χ1) is 9.74. The third kappa shape index (κ3) is 2.72. The highest BCUT2D eigenvalue weighted by atomic mass is 35.5. The molecule has 2 aromatic rings. The second-order valence-corrected chi connectivity index (χ2v) is 5.54. The van der Waals surface area contributed by atoms with E-state index in [1.165, 1.54) is 30.1 Å². The lowest BCUT2D eigenvalue weighted by atomic mass is 9.85. The van der Waals surface area contributed by atoms with Crippen molar-refractivity contribution in [2.24, 2.45) is 5.92 Å². The highest BCUT2D eigenvalue weighted by molar-refractivity contribution is 6.32. The van der Waals surface area contributed by atoms with Crippen LogP contribution < -0.4 is 10.9 Å². The van der Waals surface area contributed by atoms with Crippen molar-refractivity contribution in [3.63, 3.8) is 0 Å². The minimum atomic E-state index is -0.159. The van der Waals surface area contributed by atoms with Gasteiger partial charge in [0.25, 0.3) is 5.56 Å². The standard InChI is InChI=1S/C14H16ClN3O2/c15-12-7-17-18(8-10-2-1-3-10)14(19)13(12)16-6-11-4-5-20-9-11/h4-5,7,9-10,16H,1-3,6,8H2. The van der Waals surface area contributed by atoms with Gasteiger partial charge in [0.15, 0.2) is 0 Å². The summed E-state index contributed by atoms with van der Waals surface area (Å²) < 4.78 is 6.50. The number of nitrogens with one attached hydrogen (secondary N) is 1. The second kappa shape index (κ2) is 5.71. The van der Waals surface area contributed by atoms with Crippen molar-refractivity contribution in [2.75, 3.05) is 5.32 Å². The van der Waals surface area contributed by atoms with E-state index in [0.717, 1.165) is 5.56 Å². The molecule has 20 heavy (non-hydrogen) atoms. The van der Waals surface area contributed by atoms with E-state index in [1.54, 1.807) is 12.5 Å². The number of hydrogen-bond acceptors (Lipinski definition) is 4. The summed E-state index contributed by atoms with van der Waals surface area (Å²) >= 11 is 6.06. The van der Waals surface area contributed by atoms with E-state index in [2.05, 4.69) is 10.4 Å². The van der Waals surface area contributed by atoms with E-state index < -0.39 is 0 Å². The molecule has 5 nitrogen and oxygen atoms in total. The van der Waals surface area contributed by atoms with Gasteiger partial charge in [0.05, 0.1) is 23.7 Å². The zero-order valence-corrected chi connectivity index (χ0v) is 11.8. The Balaban J connectivity index is 1.77. The molecular weight excluding hydrogens is 278 g/mol. The Hall–Kier alpha value is -1.75. The summed E-state index contributed by atoms with van der Waals surface area (Å²) in [5.41, 5.74) is 1.21. The minimum Gasteiger partial charge on any atom is -0.472 e. The first-order valence-corrected chi connectivity index (χ1v) is 7.12. The average molecular weight is 294 g/mol. The summed E-state index contributed by atoms with van der Waals surface area (Å²) in [5.74, 6) is 0.572. The van der Waals surface area contributed by atoms with Crippen LogP contribution in [0.3, 0.4) is 0 Å². The maximum atomic E-state index is 12.4. The molecule has 1 aliphatic carbocycles. The molecule has 106 valence electrons. The van der Waals surface area contributed by atoms with E-state index in [4.69, 9.17) is 16.0 Å². The molecule has 6 heteroatoms. The quantitative estimate of drug-likeness (QED) is 0.921. The van der Waals surface area contributed by atoms with Crippen molar-refractivity contribution >= 4 is 17.3 Å². The number of halogens is 1. The van der Waals surface area contributed by atoms with Crippen molar-refractivity contribution < 1.29 is 4.42 Å². The Kier molecular flexibility index (Phi) is 3.78. The van der Waals surface area contributed by atoms with Crippen LogP contribution in [0.1, 0.15) is 24.8 Å². The van der Waals surface area contributed by atoms with E-state index >= 15 is 0 Å². The molecule has 0 radical (unpaired) electrons. The number of rotatable bonds is 5.